The van der Waals surface area contributed by atoms with Crippen LogP contribution in [0.5, 0.6) is 0 Å². The highest BCUT2D eigenvalue weighted by atomic mass is 17.3. The topological polar surface area (TPSA) is 79.2 Å². The van der Waals surface area contributed by atoms with Crippen molar-refractivity contribution in [1.82, 2.24) is 0 Å². The van der Waals surface area contributed by atoms with E-state index in [1.54, 1.807) is 0 Å². The maximum atomic E-state index is 8.90. The Kier molecular flexibility index (Phi) is 3.67. The molecule has 2 fully saturated rings. The molecule has 1 aromatic carbocycles. The van der Waals surface area contributed by atoms with Crippen molar-refractivity contribution in [2.24, 2.45) is 0 Å². The van der Waals surface area contributed by atoms with E-state index in [1.807, 2.05) is 30.3 Å². The second kappa shape index (κ2) is 5.46. The van der Waals surface area contributed by atoms with Gasteiger partial charge in [0.25, 0.3) is 5.79 Å². The van der Waals surface area contributed by atoms with Crippen molar-refractivity contribution in [3.8, 4) is 6.07 Å². The SMILES string of the molecule is CC1(C#N)OOC(Cc2ccccc2C2OCOO2)O1. The minimum atomic E-state index is -1.37. The van der Waals surface area contributed by atoms with Crippen LogP contribution in [-0.4, -0.2) is 18.9 Å². The fourth-order valence-electron chi connectivity index (χ4n) is 2.03. The molecular weight excluding hydrogens is 266 g/mol. The highest BCUT2D eigenvalue weighted by Crippen LogP contribution is 2.31. The van der Waals surface area contributed by atoms with Crippen LogP contribution in [0, 0.1) is 11.3 Å². The van der Waals surface area contributed by atoms with E-state index in [-0.39, 0.29) is 6.79 Å². The van der Waals surface area contributed by atoms with Gasteiger partial charge in [-0.25, -0.2) is 4.89 Å². The predicted molar refractivity (Wildman–Crippen MR) is 62.1 cm³/mol. The molecule has 7 nitrogen and oxygen atoms in total. The number of benzene rings is 1. The first-order valence-corrected chi connectivity index (χ1v) is 6.11. The molecule has 0 aliphatic carbocycles. The molecule has 0 amide bonds. The molecule has 0 N–H and O–H groups in total. The van der Waals surface area contributed by atoms with Gasteiger partial charge in [0.15, 0.2) is 13.1 Å². The van der Waals surface area contributed by atoms with E-state index in [0.29, 0.717) is 6.42 Å². The van der Waals surface area contributed by atoms with Crippen molar-refractivity contribution in [2.45, 2.75) is 31.7 Å². The first-order chi connectivity index (χ1) is 9.70. The Balaban J connectivity index is 1.73. The molecule has 2 saturated heterocycles. The number of nitrogens with zero attached hydrogens (tertiary/aromatic N) is 1. The molecule has 3 unspecified atom stereocenters. The van der Waals surface area contributed by atoms with E-state index in [0.717, 1.165) is 11.1 Å². The van der Waals surface area contributed by atoms with E-state index in [1.165, 1.54) is 6.92 Å². The number of hydrogen-bond acceptors (Lipinski definition) is 7. The summed E-state index contributed by atoms with van der Waals surface area (Å²) in [6, 6.07) is 9.41. The monoisotopic (exact) mass is 279 g/mol. The van der Waals surface area contributed by atoms with Gasteiger partial charge in [-0.15, -0.1) is 0 Å². The van der Waals surface area contributed by atoms with Gasteiger partial charge in [0.2, 0.25) is 6.29 Å². The van der Waals surface area contributed by atoms with Crippen LogP contribution >= 0.6 is 0 Å². The maximum absolute atomic E-state index is 8.90. The molecule has 0 bridgehead atoms. The summed E-state index contributed by atoms with van der Waals surface area (Å²) < 4.78 is 10.7. The number of hydrogen-bond donors (Lipinski definition) is 0. The number of ether oxygens (including phenoxy) is 2. The summed E-state index contributed by atoms with van der Waals surface area (Å²) in [5.41, 5.74) is 1.72. The van der Waals surface area contributed by atoms with Gasteiger partial charge in [-0.3, -0.25) is 0 Å². The quantitative estimate of drug-likeness (QED) is 0.779. The van der Waals surface area contributed by atoms with Gasteiger partial charge >= 0.3 is 0 Å². The maximum Gasteiger partial charge on any atom is 0.288 e. The summed E-state index contributed by atoms with van der Waals surface area (Å²) >= 11 is 0. The van der Waals surface area contributed by atoms with Crippen molar-refractivity contribution in [3.05, 3.63) is 35.4 Å². The van der Waals surface area contributed by atoms with Crippen molar-refractivity contribution in [1.29, 1.82) is 5.26 Å². The zero-order valence-electron chi connectivity index (χ0n) is 10.8. The average Bonchev–Trinajstić information content (AvgIpc) is 3.10. The van der Waals surface area contributed by atoms with Gasteiger partial charge in [0.1, 0.15) is 6.07 Å². The lowest BCUT2D eigenvalue weighted by Gasteiger charge is -2.15. The third-order valence-corrected chi connectivity index (χ3v) is 2.99. The van der Waals surface area contributed by atoms with Gasteiger partial charge in [0.05, 0.1) is 0 Å². The van der Waals surface area contributed by atoms with Gasteiger partial charge < -0.3 is 9.47 Å². The minimum Gasteiger partial charge on any atom is -0.316 e. The summed E-state index contributed by atoms with van der Waals surface area (Å²) in [5, 5.41) is 8.90. The van der Waals surface area contributed by atoms with E-state index >= 15 is 0 Å². The second-order valence-corrected chi connectivity index (χ2v) is 4.52. The van der Waals surface area contributed by atoms with E-state index in [4.69, 9.17) is 34.3 Å². The Hall–Kier alpha value is -1.53. The lowest BCUT2D eigenvalue weighted by atomic mass is 10.0. The molecule has 106 valence electrons. The Morgan fingerprint density at radius 3 is 2.90 bits per heavy atom. The van der Waals surface area contributed by atoms with Crippen LogP contribution in [0.3, 0.4) is 0 Å². The molecule has 0 radical (unpaired) electrons. The molecule has 0 spiro atoms. The van der Waals surface area contributed by atoms with E-state index < -0.39 is 18.4 Å². The molecule has 1 aromatic rings. The standard InChI is InChI=1S/C13H13NO6/c1-13(7-14)17-11(18-20-13)6-9-4-2-3-5-10(9)12-15-8-16-19-12/h2-5,11-12H,6,8H2,1H3. The third-order valence-electron chi connectivity index (χ3n) is 2.99. The molecule has 3 rings (SSSR count). The first-order valence-electron chi connectivity index (χ1n) is 6.11. The second-order valence-electron chi connectivity index (χ2n) is 4.52. The van der Waals surface area contributed by atoms with E-state index in [2.05, 4.69) is 0 Å². The first kappa shape index (κ1) is 13.5. The third kappa shape index (κ3) is 2.66. The van der Waals surface area contributed by atoms with Crippen molar-refractivity contribution in [2.75, 3.05) is 6.79 Å². The van der Waals surface area contributed by atoms with Crippen LogP contribution in [0.15, 0.2) is 24.3 Å². The lowest BCUT2D eigenvalue weighted by molar-refractivity contribution is -0.310. The fourth-order valence-corrected chi connectivity index (χ4v) is 2.03. The van der Waals surface area contributed by atoms with E-state index in [9.17, 15) is 0 Å². The smallest absolute Gasteiger partial charge is 0.288 e. The number of rotatable bonds is 3. The molecule has 2 aliphatic heterocycles. The van der Waals surface area contributed by atoms with Crippen LogP contribution in [0.2, 0.25) is 0 Å². The van der Waals surface area contributed by atoms with Crippen LogP contribution in [0.4, 0.5) is 0 Å². The highest BCUT2D eigenvalue weighted by molar-refractivity contribution is 5.28. The van der Waals surface area contributed by atoms with Crippen molar-refractivity contribution >= 4 is 0 Å². The Labute approximate surface area is 115 Å². The van der Waals surface area contributed by atoms with Crippen molar-refractivity contribution in [3.63, 3.8) is 0 Å². The molecule has 3 atom stereocenters. The zero-order valence-corrected chi connectivity index (χ0v) is 10.8. The van der Waals surface area contributed by atoms with Gasteiger partial charge in [-0.05, 0) is 5.56 Å². The predicted octanol–water partition coefficient (Wildman–Crippen LogP) is 1.71. The average molecular weight is 279 g/mol. The highest BCUT2D eigenvalue weighted by Gasteiger charge is 2.40. The van der Waals surface area contributed by atoms with Crippen LogP contribution in [-0.2, 0) is 35.4 Å². The van der Waals surface area contributed by atoms with Gasteiger partial charge in [0, 0.05) is 18.9 Å². The van der Waals surface area contributed by atoms with Crippen LogP contribution < -0.4 is 0 Å². The van der Waals surface area contributed by atoms with Crippen molar-refractivity contribution < 1.29 is 29.0 Å². The molecule has 2 heterocycles. The molecular formula is C13H13NO6. The van der Waals surface area contributed by atoms with Gasteiger partial charge in [-0.1, -0.05) is 24.3 Å². The molecule has 20 heavy (non-hydrogen) atoms. The summed E-state index contributed by atoms with van der Waals surface area (Å²) in [5.74, 6) is -1.37. The van der Waals surface area contributed by atoms with Crippen LogP contribution in [0.1, 0.15) is 24.3 Å². The summed E-state index contributed by atoms with van der Waals surface area (Å²) in [4.78, 5) is 19.6. The molecule has 2 aliphatic rings. The minimum absolute atomic E-state index is 0.0883. The molecule has 0 saturated carbocycles. The Morgan fingerprint density at radius 2 is 2.20 bits per heavy atom. The summed E-state index contributed by atoms with van der Waals surface area (Å²) in [6.45, 7) is 1.58. The molecule has 0 aromatic heterocycles. The summed E-state index contributed by atoms with van der Waals surface area (Å²) in [6.07, 6.45) is -0.838. The zero-order chi connectivity index (χ0) is 14.0. The van der Waals surface area contributed by atoms with Crippen LogP contribution in [0.25, 0.3) is 0 Å². The lowest BCUT2D eigenvalue weighted by Crippen LogP contribution is -2.24. The Bertz CT molecular complexity index is 524. The van der Waals surface area contributed by atoms with Gasteiger partial charge in [-0.2, -0.15) is 19.9 Å². The molecule has 7 heteroatoms. The largest absolute Gasteiger partial charge is 0.316 e. The fraction of sp³-hybridized carbons (Fsp3) is 0.462. The summed E-state index contributed by atoms with van der Waals surface area (Å²) in [7, 11) is 0. The normalized spacial score (nSPS) is 33.2. The Morgan fingerprint density at radius 1 is 1.35 bits per heavy atom. The number of nitriles is 1.